The SMILES string of the molecule is Cc1cc(-c2nc(N)sc2C)c(C)cc1Cl. The fourth-order valence-corrected chi connectivity index (χ4v) is 2.62. The Labute approximate surface area is 104 Å². The highest BCUT2D eigenvalue weighted by Crippen LogP contribution is 2.33. The molecule has 0 radical (unpaired) electrons. The van der Waals surface area contributed by atoms with Gasteiger partial charge in [0.2, 0.25) is 0 Å². The van der Waals surface area contributed by atoms with Crippen molar-refractivity contribution in [2.45, 2.75) is 20.8 Å². The van der Waals surface area contributed by atoms with Crippen LogP contribution in [0.1, 0.15) is 16.0 Å². The minimum absolute atomic E-state index is 0.611. The highest BCUT2D eigenvalue weighted by atomic mass is 35.5. The number of benzene rings is 1. The predicted molar refractivity (Wildman–Crippen MR) is 71.2 cm³/mol. The Bertz CT molecular complexity index is 546. The molecule has 0 amide bonds. The molecule has 1 aromatic heterocycles. The average molecular weight is 253 g/mol. The summed E-state index contributed by atoms with van der Waals surface area (Å²) in [5, 5.41) is 1.40. The summed E-state index contributed by atoms with van der Waals surface area (Å²) in [6.45, 7) is 6.07. The Morgan fingerprint density at radius 2 is 1.88 bits per heavy atom. The van der Waals surface area contributed by atoms with Gasteiger partial charge in [-0.05, 0) is 44.0 Å². The molecule has 16 heavy (non-hydrogen) atoms. The molecule has 0 fully saturated rings. The van der Waals surface area contributed by atoms with Gasteiger partial charge in [-0.25, -0.2) is 4.98 Å². The van der Waals surface area contributed by atoms with E-state index in [2.05, 4.69) is 11.1 Å². The summed E-state index contributed by atoms with van der Waals surface area (Å²) in [6, 6.07) is 4.04. The van der Waals surface area contributed by atoms with Crippen LogP contribution in [-0.2, 0) is 0 Å². The molecular formula is C12H13ClN2S. The first-order valence-electron chi connectivity index (χ1n) is 4.99. The van der Waals surface area contributed by atoms with Crippen LogP contribution in [0.3, 0.4) is 0 Å². The van der Waals surface area contributed by atoms with Gasteiger partial charge in [0, 0.05) is 15.5 Å². The van der Waals surface area contributed by atoms with Crippen molar-refractivity contribution in [1.29, 1.82) is 0 Å². The standard InChI is InChI=1S/C12H13ClN2S/c1-6-5-10(13)7(2)4-9(6)11-8(3)16-12(14)15-11/h4-5H,1-3H3,(H2,14,15). The van der Waals surface area contributed by atoms with Crippen LogP contribution in [0.2, 0.25) is 5.02 Å². The smallest absolute Gasteiger partial charge is 0.180 e. The summed E-state index contributed by atoms with van der Waals surface area (Å²) in [4.78, 5) is 5.51. The molecule has 0 saturated heterocycles. The topological polar surface area (TPSA) is 38.9 Å². The maximum absolute atomic E-state index is 6.08. The van der Waals surface area contributed by atoms with E-state index in [0.29, 0.717) is 5.13 Å². The first kappa shape index (κ1) is 11.4. The molecule has 0 saturated carbocycles. The van der Waals surface area contributed by atoms with Crippen LogP contribution in [0.25, 0.3) is 11.3 Å². The van der Waals surface area contributed by atoms with Crippen LogP contribution in [0.4, 0.5) is 5.13 Å². The third kappa shape index (κ3) is 1.93. The van der Waals surface area contributed by atoms with Crippen LogP contribution in [0, 0.1) is 20.8 Å². The maximum atomic E-state index is 6.08. The number of nitrogens with zero attached hydrogens (tertiary/aromatic N) is 1. The van der Waals surface area contributed by atoms with E-state index in [-0.39, 0.29) is 0 Å². The number of nitrogen functional groups attached to an aromatic ring is 1. The van der Waals surface area contributed by atoms with Gasteiger partial charge in [-0.15, -0.1) is 11.3 Å². The molecule has 0 aliphatic heterocycles. The number of halogens is 1. The van der Waals surface area contributed by atoms with Crippen LogP contribution in [0.15, 0.2) is 12.1 Å². The van der Waals surface area contributed by atoms with E-state index >= 15 is 0 Å². The van der Waals surface area contributed by atoms with Gasteiger partial charge >= 0.3 is 0 Å². The van der Waals surface area contributed by atoms with E-state index in [1.807, 2.05) is 26.8 Å². The van der Waals surface area contributed by atoms with Gasteiger partial charge in [0.1, 0.15) is 0 Å². The van der Waals surface area contributed by atoms with Crippen molar-refractivity contribution in [2.24, 2.45) is 0 Å². The maximum Gasteiger partial charge on any atom is 0.180 e. The second-order valence-electron chi connectivity index (χ2n) is 3.87. The predicted octanol–water partition coefficient (Wildman–Crippen LogP) is 3.97. The van der Waals surface area contributed by atoms with Crippen LogP contribution >= 0.6 is 22.9 Å². The van der Waals surface area contributed by atoms with Crippen molar-refractivity contribution in [2.75, 3.05) is 5.73 Å². The van der Waals surface area contributed by atoms with Gasteiger partial charge in [-0.2, -0.15) is 0 Å². The Kier molecular flexibility index (Phi) is 2.91. The number of aryl methyl sites for hydroxylation is 3. The number of hydrogen-bond acceptors (Lipinski definition) is 3. The molecule has 0 bridgehead atoms. The molecule has 1 aromatic carbocycles. The number of anilines is 1. The van der Waals surface area contributed by atoms with Gasteiger partial charge < -0.3 is 5.73 Å². The molecule has 0 unspecified atom stereocenters. The molecule has 0 aliphatic rings. The van der Waals surface area contributed by atoms with E-state index in [0.717, 1.165) is 32.3 Å². The number of aromatic nitrogens is 1. The van der Waals surface area contributed by atoms with Crippen molar-refractivity contribution in [3.8, 4) is 11.3 Å². The fraction of sp³-hybridized carbons (Fsp3) is 0.250. The normalized spacial score (nSPS) is 10.8. The zero-order valence-corrected chi connectivity index (χ0v) is 11.0. The molecule has 2 rings (SSSR count). The first-order chi connectivity index (χ1) is 7.49. The molecule has 2 aromatic rings. The highest BCUT2D eigenvalue weighted by molar-refractivity contribution is 7.15. The van der Waals surface area contributed by atoms with Gasteiger partial charge in [0.05, 0.1) is 5.69 Å². The molecule has 2 N–H and O–H groups in total. The summed E-state index contributed by atoms with van der Waals surface area (Å²) in [5.74, 6) is 0. The molecular weight excluding hydrogens is 240 g/mol. The van der Waals surface area contributed by atoms with Gasteiger partial charge in [-0.3, -0.25) is 0 Å². The molecule has 4 heteroatoms. The lowest BCUT2D eigenvalue weighted by atomic mass is 10.0. The van der Waals surface area contributed by atoms with Crippen molar-refractivity contribution >= 4 is 28.1 Å². The first-order valence-corrected chi connectivity index (χ1v) is 6.18. The third-order valence-electron chi connectivity index (χ3n) is 2.57. The summed E-state index contributed by atoms with van der Waals surface area (Å²) in [6.07, 6.45) is 0. The van der Waals surface area contributed by atoms with Crippen molar-refractivity contribution in [1.82, 2.24) is 4.98 Å². The third-order valence-corrected chi connectivity index (χ3v) is 3.78. The summed E-state index contributed by atoms with van der Waals surface area (Å²) < 4.78 is 0. The summed E-state index contributed by atoms with van der Waals surface area (Å²) in [5.41, 5.74) is 10.00. The van der Waals surface area contributed by atoms with Crippen molar-refractivity contribution < 1.29 is 0 Å². The minimum atomic E-state index is 0.611. The van der Waals surface area contributed by atoms with E-state index < -0.39 is 0 Å². The number of nitrogens with two attached hydrogens (primary N) is 1. The molecule has 0 atom stereocenters. The van der Waals surface area contributed by atoms with Crippen LogP contribution in [0.5, 0.6) is 0 Å². The Morgan fingerprint density at radius 1 is 1.19 bits per heavy atom. The summed E-state index contributed by atoms with van der Waals surface area (Å²) in [7, 11) is 0. The molecule has 0 spiro atoms. The monoisotopic (exact) mass is 252 g/mol. The molecule has 2 nitrogen and oxygen atoms in total. The lowest BCUT2D eigenvalue weighted by molar-refractivity contribution is 1.32. The van der Waals surface area contributed by atoms with Crippen LogP contribution in [-0.4, -0.2) is 4.98 Å². The lowest BCUT2D eigenvalue weighted by Gasteiger charge is -2.07. The Morgan fingerprint density at radius 3 is 2.44 bits per heavy atom. The molecule has 1 heterocycles. The quantitative estimate of drug-likeness (QED) is 0.834. The summed E-state index contributed by atoms with van der Waals surface area (Å²) >= 11 is 7.59. The Balaban J connectivity index is 2.64. The van der Waals surface area contributed by atoms with Gasteiger partial charge in [-0.1, -0.05) is 11.6 Å². The second-order valence-corrected chi connectivity index (χ2v) is 5.52. The number of thiazole rings is 1. The Hall–Kier alpha value is -1.06. The van der Waals surface area contributed by atoms with E-state index in [1.54, 1.807) is 0 Å². The van der Waals surface area contributed by atoms with E-state index in [9.17, 15) is 0 Å². The molecule has 84 valence electrons. The zero-order valence-electron chi connectivity index (χ0n) is 9.47. The second kappa shape index (κ2) is 4.07. The highest BCUT2D eigenvalue weighted by Gasteiger charge is 2.12. The lowest BCUT2D eigenvalue weighted by Crippen LogP contribution is -1.89. The van der Waals surface area contributed by atoms with Crippen molar-refractivity contribution in [3.05, 3.63) is 33.2 Å². The molecule has 0 aliphatic carbocycles. The largest absolute Gasteiger partial charge is 0.375 e. The average Bonchev–Trinajstić information content (AvgIpc) is 2.51. The number of hydrogen-bond donors (Lipinski definition) is 1. The van der Waals surface area contributed by atoms with Gasteiger partial charge in [0.25, 0.3) is 0 Å². The fourth-order valence-electron chi connectivity index (χ4n) is 1.70. The van der Waals surface area contributed by atoms with Gasteiger partial charge in [0.15, 0.2) is 5.13 Å². The number of rotatable bonds is 1. The van der Waals surface area contributed by atoms with Crippen molar-refractivity contribution in [3.63, 3.8) is 0 Å². The van der Waals surface area contributed by atoms with E-state index in [1.165, 1.54) is 11.3 Å². The van der Waals surface area contributed by atoms with E-state index in [4.69, 9.17) is 17.3 Å². The zero-order chi connectivity index (χ0) is 11.9. The van der Waals surface area contributed by atoms with Crippen LogP contribution < -0.4 is 5.73 Å². The minimum Gasteiger partial charge on any atom is -0.375 e.